The molecule has 0 bridgehead atoms. The van der Waals surface area contributed by atoms with Gasteiger partial charge >= 0.3 is 0 Å². The summed E-state index contributed by atoms with van der Waals surface area (Å²) >= 11 is 0. The summed E-state index contributed by atoms with van der Waals surface area (Å²) in [7, 11) is 1.64. The van der Waals surface area contributed by atoms with E-state index in [-0.39, 0.29) is 11.7 Å². The summed E-state index contributed by atoms with van der Waals surface area (Å²) in [5, 5.41) is 3.24. The molecule has 5 nitrogen and oxygen atoms in total. The number of carbonyl (C=O) groups is 1. The minimum atomic E-state index is 0.126. The Hall–Kier alpha value is -3.21. The number of ether oxygens (including phenoxy) is 1. The SMILES string of the molecule is COc1ccc(Nc2nc(C)c3c(n2)C[C@H](c2cccc(C)c2)CC3=O)cc1. The van der Waals surface area contributed by atoms with Gasteiger partial charge in [-0.15, -0.1) is 0 Å². The number of benzene rings is 2. The lowest BCUT2D eigenvalue weighted by Crippen LogP contribution is -2.22. The van der Waals surface area contributed by atoms with Crippen LogP contribution in [0, 0.1) is 13.8 Å². The van der Waals surface area contributed by atoms with Crippen LogP contribution in [-0.2, 0) is 6.42 Å². The lowest BCUT2D eigenvalue weighted by molar-refractivity contribution is 0.0962. The summed E-state index contributed by atoms with van der Waals surface area (Å²) in [6.07, 6.45) is 1.25. The molecule has 1 atom stereocenters. The molecule has 0 amide bonds. The molecule has 0 fully saturated rings. The maximum Gasteiger partial charge on any atom is 0.227 e. The van der Waals surface area contributed by atoms with Crippen molar-refractivity contribution in [2.24, 2.45) is 0 Å². The summed E-state index contributed by atoms with van der Waals surface area (Å²) in [6.45, 7) is 3.95. The normalized spacial score (nSPS) is 15.8. The van der Waals surface area contributed by atoms with E-state index in [1.807, 2.05) is 37.3 Å². The predicted molar refractivity (Wildman–Crippen MR) is 110 cm³/mol. The van der Waals surface area contributed by atoms with E-state index in [0.29, 0.717) is 17.9 Å². The Morgan fingerprint density at radius 1 is 1.04 bits per heavy atom. The van der Waals surface area contributed by atoms with E-state index in [2.05, 4.69) is 40.4 Å². The van der Waals surface area contributed by atoms with Gasteiger partial charge in [0.2, 0.25) is 5.95 Å². The molecule has 0 radical (unpaired) electrons. The number of rotatable bonds is 4. The van der Waals surface area contributed by atoms with Crippen LogP contribution in [0.2, 0.25) is 0 Å². The average molecular weight is 373 g/mol. The van der Waals surface area contributed by atoms with Crippen LogP contribution in [-0.4, -0.2) is 22.9 Å². The Kier molecular flexibility index (Phi) is 4.82. The van der Waals surface area contributed by atoms with E-state index < -0.39 is 0 Å². The standard InChI is InChI=1S/C23H23N3O2/c1-14-5-4-6-16(11-14)17-12-20-22(21(27)13-17)15(2)24-23(26-20)25-18-7-9-19(28-3)10-8-18/h4-11,17H,12-13H2,1-3H3,(H,24,25,26)/t17-/m0/s1. The summed E-state index contributed by atoms with van der Waals surface area (Å²) in [5.74, 6) is 1.59. The minimum absolute atomic E-state index is 0.126. The lowest BCUT2D eigenvalue weighted by atomic mass is 9.81. The number of ketones is 1. The molecule has 0 spiro atoms. The number of nitrogens with one attached hydrogen (secondary N) is 1. The van der Waals surface area contributed by atoms with Crippen molar-refractivity contribution in [3.63, 3.8) is 0 Å². The van der Waals surface area contributed by atoms with Crippen LogP contribution in [0.5, 0.6) is 5.75 Å². The maximum absolute atomic E-state index is 12.8. The van der Waals surface area contributed by atoms with Crippen LogP contribution in [0.15, 0.2) is 48.5 Å². The van der Waals surface area contributed by atoms with Crippen LogP contribution < -0.4 is 10.1 Å². The van der Waals surface area contributed by atoms with Gasteiger partial charge in [-0.05, 0) is 56.0 Å². The van der Waals surface area contributed by atoms with Gasteiger partial charge in [-0.3, -0.25) is 4.79 Å². The van der Waals surface area contributed by atoms with E-state index in [4.69, 9.17) is 4.74 Å². The number of aromatic nitrogens is 2. The highest BCUT2D eigenvalue weighted by Crippen LogP contribution is 2.34. The third kappa shape index (κ3) is 3.60. The maximum atomic E-state index is 12.8. The van der Waals surface area contributed by atoms with Crippen LogP contribution in [0.3, 0.4) is 0 Å². The summed E-state index contributed by atoms with van der Waals surface area (Å²) < 4.78 is 5.19. The quantitative estimate of drug-likeness (QED) is 0.714. The lowest BCUT2D eigenvalue weighted by Gasteiger charge is -2.25. The second-order valence-corrected chi connectivity index (χ2v) is 7.25. The van der Waals surface area contributed by atoms with Gasteiger partial charge in [-0.25, -0.2) is 9.97 Å². The zero-order valence-electron chi connectivity index (χ0n) is 16.3. The number of methoxy groups -OCH3 is 1. The zero-order chi connectivity index (χ0) is 19.7. The highest BCUT2D eigenvalue weighted by Gasteiger charge is 2.30. The average Bonchev–Trinajstić information content (AvgIpc) is 2.68. The molecule has 1 N–H and O–H groups in total. The molecule has 0 aliphatic heterocycles. The van der Waals surface area contributed by atoms with Gasteiger partial charge in [0.15, 0.2) is 5.78 Å². The molecule has 1 heterocycles. The molecule has 5 heteroatoms. The molecule has 1 aliphatic carbocycles. The molecule has 0 saturated carbocycles. The number of aryl methyl sites for hydroxylation is 2. The summed E-state index contributed by atoms with van der Waals surface area (Å²) in [4.78, 5) is 22.0. The molecular formula is C23H23N3O2. The number of Topliss-reactive ketones (excluding diaryl/α,β-unsaturated/α-hetero) is 1. The molecule has 3 aromatic rings. The second-order valence-electron chi connectivity index (χ2n) is 7.25. The summed E-state index contributed by atoms with van der Waals surface area (Å²) in [6, 6.07) is 16.0. The van der Waals surface area contributed by atoms with Crippen molar-refractivity contribution in [2.75, 3.05) is 12.4 Å². The third-order valence-electron chi connectivity index (χ3n) is 5.17. The van der Waals surface area contributed by atoms with Gasteiger partial charge < -0.3 is 10.1 Å². The number of hydrogen-bond donors (Lipinski definition) is 1. The first kappa shape index (κ1) is 18.2. The van der Waals surface area contributed by atoms with Crippen molar-refractivity contribution in [3.8, 4) is 5.75 Å². The first-order valence-electron chi connectivity index (χ1n) is 9.42. The van der Waals surface area contributed by atoms with E-state index >= 15 is 0 Å². The number of nitrogens with zero attached hydrogens (tertiary/aromatic N) is 2. The monoisotopic (exact) mass is 373 g/mol. The Morgan fingerprint density at radius 2 is 1.82 bits per heavy atom. The van der Waals surface area contributed by atoms with E-state index in [1.165, 1.54) is 11.1 Å². The van der Waals surface area contributed by atoms with Gasteiger partial charge in [0.25, 0.3) is 0 Å². The first-order valence-corrected chi connectivity index (χ1v) is 9.42. The van der Waals surface area contributed by atoms with Gasteiger partial charge in [-0.2, -0.15) is 0 Å². The Bertz CT molecular complexity index is 1030. The van der Waals surface area contributed by atoms with Crippen molar-refractivity contribution in [2.45, 2.75) is 32.6 Å². The highest BCUT2D eigenvalue weighted by molar-refractivity contribution is 5.99. The van der Waals surface area contributed by atoms with Crippen LogP contribution in [0.1, 0.15) is 45.2 Å². The fourth-order valence-electron chi connectivity index (χ4n) is 3.79. The van der Waals surface area contributed by atoms with E-state index in [1.54, 1.807) is 7.11 Å². The van der Waals surface area contributed by atoms with Gasteiger partial charge in [0, 0.05) is 12.1 Å². The number of carbonyl (C=O) groups excluding carboxylic acids is 1. The first-order chi connectivity index (χ1) is 13.5. The number of anilines is 2. The molecule has 1 aliphatic rings. The zero-order valence-corrected chi connectivity index (χ0v) is 16.3. The van der Waals surface area contributed by atoms with Crippen molar-refractivity contribution in [1.82, 2.24) is 9.97 Å². The molecule has 142 valence electrons. The van der Waals surface area contributed by atoms with Crippen molar-refractivity contribution in [3.05, 3.63) is 76.6 Å². The Morgan fingerprint density at radius 3 is 2.54 bits per heavy atom. The smallest absolute Gasteiger partial charge is 0.227 e. The van der Waals surface area contributed by atoms with Crippen molar-refractivity contribution < 1.29 is 9.53 Å². The molecule has 4 rings (SSSR count). The highest BCUT2D eigenvalue weighted by atomic mass is 16.5. The number of hydrogen-bond acceptors (Lipinski definition) is 5. The van der Waals surface area contributed by atoms with Crippen LogP contribution in [0.25, 0.3) is 0 Å². The van der Waals surface area contributed by atoms with Crippen molar-refractivity contribution >= 4 is 17.4 Å². The Balaban J connectivity index is 1.64. The predicted octanol–water partition coefficient (Wildman–Crippen LogP) is 4.76. The third-order valence-corrected chi connectivity index (χ3v) is 5.17. The van der Waals surface area contributed by atoms with Crippen molar-refractivity contribution in [1.29, 1.82) is 0 Å². The molecular weight excluding hydrogens is 350 g/mol. The van der Waals surface area contributed by atoms with Gasteiger partial charge in [-0.1, -0.05) is 29.8 Å². The van der Waals surface area contributed by atoms with E-state index in [0.717, 1.165) is 29.2 Å². The van der Waals surface area contributed by atoms with Crippen LogP contribution >= 0.6 is 0 Å². The van der Waals surface area contributed by atoms with E-state index in [9.17, 15) is 4.79 Å². The van der Waals surface area contributed by atoms with Gasteiger partial charge in [0.05, 0.1) is 24.1 Å². The molecule has 28 heavy (non-hydrogen) atoms. The van der Waals surface area contributed by atoms with Gasteiger partial charge in [0.1, 0.15) is 5.75 Å². The summed E-state index contributed by atoms with van der Waals surface area (Å²) in [5.41, 5.74) is 5.51. The molecule has 0 saturated heterocycles. The largest absolute Gasteiger partial charge is 0.497 e. The van der Waals surface area contributed by atoms with Crippen LogP contribution in [0.4, 0.5) is 11.6 Å². The second kappa shape index (κ2) is 7.43. The Labute approximate surface area is 164 Å². The topological polar surface area (TPSA) is 64.1 Å². The molecule has 1 aromatic heterocycles. The fraction of sp³-hybridized carbons (Fsp3) is 0.261. The minimum Gasteiger partial charge on any atom is -0.497 e. The number of fused-ring (bicyclic) bond motifs is 1. The molecule has 0 unspecified atom stereocenters. The molecule has 2 aromatic carbocycles. The fourth-order valence-corrected chi connectivity index (χ4v) is 3.79.